The number of piperidine rings is 1. The fraction of sp³-hybridized carbons (Fsp3) is 1.00. The van der Waals surface area contributed by atoms with Crippen LogP contribution in [-0.4, -0.2) is 18.1 Å². The molecule has 0 aromatic heterocycles. The van der Waals surface area contributed by atoms with Gasteiger partial charge in [0.25, 0.3) is 0 Å². The van der Waals surface area contributed by atoms with Crippen molar-refractivity contribution >= 4 is 0 Å². The van der Waals surface area contributed by atoms with Crippen molar-refractivity contribution in [1.29, 1.82) is 0 Å². The van der Waals surface area contributed by atoms with Crippen molar-refractivity contribution in [3.8, 4) is 0 Å². The second-order valence-corrected chi connectivity index (χ2v) is 3.81. The molecular formula is C8H16N2. The van der Waals surface area contributed by atoms with E-state index in [4.69, 9.17) is 5.73 Å². The summed E-state index contributed by atoms with van der Waals surface area (Å²) in [5, 5.41) is 3.58. The van der Waals surface area contributed by atoms with E-state index in [9.17, 15) is 0 Å². The van der Waals surface area contributed by atoms with E-state index in [0.717, 1.165) is 6.54 Å². The van der Waals surface area contributed by atoms with Crippen LogP contribution < -0.4 is 11.1 Å². The molecule has 0 amide bonds. The molecule has 1 unspecified atom stereocenters. The Kier molecular flexibility index (Phi) is 1.46. The molecule has 0 bridgehead atoms. The van der Waals surface area contributed by atoms with E-state index in [2.05, 4.69) is 5.32 Å². The van der Waals surface area contributed by atoms with Gasteiger partial charge >= 0.3 is 0 Å². The largest absolute Gasteiger partial charge is 0.328 e. The molecule has 1 atom stereocenters. The lowest BCUT2D eigenvalue weighted by Gasteiger charge is -2.47. The van der Waals surface area contributed by atoms with E-state index in [1.165, 1.54) is 32.1 Å². The van der Waals surface area contributed by atoms with E-state index in [1.807, 2.05) is 0 Å². The van der Waals surface area contributed by atoms with E-state index < -0.39 is 0 Å². The molecule has 1 saturated heterocycles. The predicted octanol–water partition coefficient (Wildman–Crippen LogP) is 0.620. The first-order chi connectivity index (χ1) is 4.81. The maximum Gasteiger partial charge on any atom is 0.0196 e. The molecule has 2 heteroatoms. The quantitative estimate of drug-likeness (QED) is 0.517. The molecule has 1 aliphatic heterocycles. The zero-order valence-electron chi connectivity index (χ0n) is 6.40. The normalized spacial score (nSPS) is 37.5. The second kappa shape index (κ2) is 2.21. The molecule has 2 fully saturated rings. The van der Waals surface area contributed by atoms with Crippen LogP contribution >= 0.6 is 0 Å². The van der Waals surface area contributed by atoms with Gasteiger partial charge < -0.3 is 11.1 Å². The highest BCUT2D eigenvalue weighted by Crippen LogP contribution is 2.37. The minimum atomic E-state index is 0.474. The molecule has 58 valence electrons. The predicted molar refractivity (Wildman–Crippen MR) is 41.8 cm³/mol. The number of rotatable bonds is 0. The average molecular weight is 140 g/mol. The van der Waals surface area contributed by atoms with Gasteiger partial charge in [0.2, 0.25) is 0 Å². The van der Waals surface area contributed by atoms with E-state index in [-0.39, 0.29) is 0 Å². The zero-order valence-corrected chi connectivity index (χ0v) is 6.40. The molecule has 0 radical (unpaired) electrons. The van der Waals surface area contributed by atoms with Gasteiger partial charge in [0.1, 0.15) is 0 Å². The van der Waals surface area contributed by atoms with Crippen molar-refractivity contribution in [3.05, 3.63) is 0 Å². The smallest absolute Gasteiger partial charge is 0.0196 e. The molecule has 2 nitrogen and oxygen atoms in total. The lowest BCUT2D eigenvalue weighted by atomic mass is 9.70. The van der Waals surface area contributed by atoms with Crippen LogP contribution in [0.3, 0.4) is 0 Å². The number of hydrogen-bond acceptors (Lipinski definition) is 2. The van der Waals surface area contributed by atoms with Crippen LogP contribution in [0.1, 0.15) is 32.1 Å². The summed E-state index contributed by atoms with van der Waals surface area (Å²) in [4.78, 5) is 0. The molecular weight excluding hydrogens is 124 g/mol. The summed E-state index contributed by atoms with van der Waals surface area (Å²) in [6.45, 7) is 1.14. The third kappa shape index (κ3) is 0.956. The first-order valence-electron chi connectivity index (χ1n) is 4.31. The van der Waals surface area contributed by atoms with Crippen molar-refractivity contribution in [2.45, 2.75) is 43.7 Å². The maximum atomic E-state index is 5.88. The van der Waals surface area contributed by atoms with Gasteiger partial charge in [-0.25, -0.2) is 0 Å². The third-order valence-electron chi connectivity index (χ3n) is 2.98. The van der Waals surface area contributed by atoms with Crippen LogP contribution in [0.2, 0.25) is 0 Å². The summed E-state index contributed by atoms with van der Waals surface area (Å²) in [7, 11) is 0. The van der Waals surface area contributed by atoms with E-state index in [1.54, 1.807) is 0 Å². The lowest BCUT2D eigenvalue weighted by Crippen LogP contribution is -2.58. The third-order valence-corrected chi connectivity index (χ3v) is 2.98. The van der Waals surface area contributed by atoms with Gasteiger partial charge in [0.15, 0.2) is 0 Å². The van der Waals surface area contributed by atoms with Crippen LogP contribution in [0, 0.1) is 0 Å². The van der Waals surface area contributed by atoms with Crippen LogP contribution in [0.5, 0.6) is 0 Å². The SMILES string of the molecule is NC1CCNC2(CCC2)C1. The highest BCUT2D eigenvalue weighted by Gasteiger charge is 2.39. The van der Waals surface area contributed by atoms with Crippen molar-refractivity contribution in [2.75, 3.05) is 6.54 Å². The molecule has 1 heterocycles. The summed E-state index contributed by atoms with van der Waals surface area (Å²) < 4.78 is 0. The Morgan fingerprint density at radius 2 is 2.20 bits per heavy atom. The molecule has 1 saturated carbocycles. The summed E-state index contributed by atoms with van der Waals surface area (Å²) in [5.74, 6) is 0. The van der Waals surface area contributed by atoms with Gasteiger partial charge in [-0.05, 0) is 38.6 Å². The first-order valence-corrected chi connectivity index (χ1v) is 4.31. The monoisotopic (exact) mass is 140 g/mol. The van der Waals surface area contributed by atoms with Crippen LogP contribution in [0.4, 0.5) is 0 Å². The summed E-state index contributed by atoms with van der Waals surface area (Å²) in [6, 6.07) is 0.474. The zero-order chi connectivity index (χ0) is 7.03. The Bertz CT molecular complexity index is 129. The number of hydrogen-bond donors (Lipinski definition) is 2. The molecule has 2 rings (SSSR count). The molecule has 0 aromatic rings. The average Bonchev–Trinajstić information content (AvgIpc) is 1.85. The number of nitrogens with two attached hydrogens (primary N) is 1. The summed E-state index contributed by atoms with van der Waals surface area (Å²) >= 11 is 0. The highest BCUT2D eigenvalue weighted by molar-refractivity contribution is 5.00. The standard InChI is InChI=1S/C8H16N2/c9-7-2-5-10-8(6-7)3-1-4-8/h7,10H,1-6,9H2. The Morgan fingerprint density at radius 1 is 1.40 bits per heavy atom. The fourth-order valence-electron chi connectivity index (χ4n) is 2.18. The second-order valence-electron chi connectivity index (χ2n) is 3.81. The Morgan fingerprint density at radius 3 is 2.60 bits per heavy atom. The van der Waals surface area contributed by atoms with Crippen molar-refractivity contribution in [2.24, 2.45) is 5.73 Å². The maximum absolute atomic E-state index is 5.88. The van der Waals surface area contributed by atoms with Gasteiger partial charge in [-0.2, -0.15) is 0 Å². The minimum absolute atomic E-state index is 0.474. The molecule has 0 aromatic carbocycles. The molecule has 2 aliphatic rings. The topological polar surface area (TPSA) is 38.0 Å². The van der Waals surface area contributed by atoms with Gasteiger partial charge in [0, 0.05) is 11.6 Å². The molecule has 3 N–H and O–H groups in total. The van der Waals surface area contributed by atoms with Crippen molar-refractivity contribution in [1.82, 2.24) is 5.32 Å². The van der Waals surface area contributed by atoms with Crippen LogP contribution in [0.25, 0.3) is 0 Å². The van der Waals surface area contributed by atoms with Gasteiger partial charge in [-0.3, -0.25) is 0 Å². The van der Waals surface area contributed by atoms with E-state index >= 15 is 0 Å². The number of nitrogens with one attached hydrogen (secondary N) is 1. The Balaban J connectivity index is 1.96. The fourth-order valence-corrected chi connectivity index (χ4v) is 2.18. The Hall–Kier alpha value is -0.0800. The van der Waals surface area contributed by atoms with Crippen molar-refractivity contribution < 1.29 is 0 Å². The minimum Gasteiger partial charge on any atom is -0.328 e. The summed E-state index contributed by atoms with van der Waals surface area (Å²) in [6.07, 6.45) is 6.51. The Labute approximate surface area is 62.2 Å². The molecule has 10 heavy (non-hydrogen) atoms. The van der Waals surface area contributed by atoms with Crippen molar-refractivity contribution in [3.63, 3.8) is 0 Å². The first kappa shape index (κ1) is 6.62. The molecule has 1 aliphatic carbocycles. The lowest BCUT2D eigenvalue weighted by molar-refractivity contribution is 0.130. The van der Waals surface area contributed by atoms with Gasteiger partial charge in [-0.1, -0.05) is 0 Å². The summed E-state index contributed by atoms with van der Waals surface area (Å²) in [5.41, 5.74) is 6.38. The molecule has 1 spiro atoms. The van der Waals surface area contributed by atoms with Gasteiger partial charge in [0.05, 0.1) is 0 Å². The van der Waals surface area contributed by atoms with Crippen LogP contribution in [-0.2, 0) is 0 Å². The van der Waals surface area contributed by atoms with Crippen LogP contribution in [0.15, 0.2) is 0 Å². The van der Waals surface area contributed by atoms with Gasteiger partial charge in [-0.15, -0.1) is 0 Å². The van der Waals surface area contributed by atoms with E-state index in [0.29, 0.717) is 11.6 Å². The highest BCUT2D eigenvalue weighted by atomic mass is 15.0.